The lowest BCUT2D eigenvalue weighted by molar-refractivity contribution is -0.660. The molecule has 2 aromatic carbocycles. The van der Waals surface area contributed by atoms with Crippen LogP contribution in [0.15, 0.2) is 59.6 Å². The molecule has 4 heteroatoms. The molecule has 0 bridgehead atoms. The van der Waals surface area contributed by atoms with Crippen LogP contribution in [-0.2, 0) is 0 Å². The van der Waals surface area contributed by atoms with Crippen LogP contribution >= 0.6 is 12.6 Å². The molecular formula is C14H10N2OS. The molecule has 0 spiro atoms. The number of hydrogen-bond donors (Lipinski definition) is 1. The van der Waals surface area contributed by atoms with E-state index in [1.54, 1.807) is 0 Å². The molecule has 1 aromatic heterocycles. The van der Waals surface area contributed by atoms with Crippen LogP contribution in [0.4, 0.5) is 0 Å². The minimum atomic E-state index is 0.445. The summed E-state index contributed by atoms with van der Waals surface area (Å²) < 4.78 is 0. The molecule has 1 heterocycles. The fourth-order valence-electron chi connectivity index (χ4n) is 2.04. The highest BCUT2D eigenvalue weighted by Crippen LogP contribution is 2.27. The van der Waals surface area contributed by atoms with Gasteiger partial charge in [-0.05, 0) is 23.0 Å². The predicted molar refractivity (Wildman–Crippen MR) is 73.4 cm³/mol. The highest BCUT2D eigenvalue weighted by atomic mass is 32.1. The lowest BCUT2D eigenvalue weighted by Gasteiger charge is -2.07. The first-order valence-electron chi connectivity index (χ1n) is 5.54. The second-order valence-electron chi connectivity index (χ2n) is 3.96. The summed E-state index contributed by atoms with van der Waals surface area (Å²) in [5.41, 5.74) is 1.41. The fraction of sp³-hybridized carbons (Fsp3) is 0. The van der Waals surface area contributed by atoms with Gasteiger partial charge in [0.05, 0.1) is 10.9 Å². The van der Waals surface area contributed by atoms with Gasteiger partial charge in [0, 0.05) is 10.5 Å². The Kier molecular flexibility index (Phi) is 2.64. The second-order valence-corrected chi connectivity index (χ2v) is 4.38. The highest BCUT2D eigenvalue weighted by Gasteiger charge is 2.17. The van der Waals surface area contributed by atoms with Crippen LogP contribution in [0.5, 0.6) is 0 Å². The maximum Gasteiger partial charge on any atom is 0.259 e. The maximum atomic E-state index is 12.0. The molecule has 3 nitrogen and oxygen atoms in total. The van der Waals surface area contributed by atoms with Crippen molar-refractivity contribution in [2.24, 2.45) is 0 Å². The van der Waals surface area contributed by atoms with Crippen LogP contribution in [0.2, 0.25) is 0 Å². The van der Waals surface area contributed by atoms with Gasteiger partial charge in [0.2, 0.25) is 0 Å². The van der Waals surface area contributed by atoms with Crippen molar-refractivity contribution in [3.63, 3.8) is 0 Å². The van der Waals surface area contributed by atoms with Crippen molar-refractivity contribution in [3.8, 4) is 11.3 Å². The summed E-state index contributed by atoms with van der Waals surface area (Å²) in [6.07, 6.45) is 0. The van der Waals surface area contributed by atoms with E-state index in [0.717, 1.165) is 16.3 Å². The van der Waals surface area contributed by atoms with E-state index in [1.165, 1.54) is 0 Å². The Morgan fingerprint density at radius 2 is 1.50 bits per heavy atom. The standard InChI is InChI=1S/C14H10N2OS/c17-16-13(10-6-2-1-3-7-10)11-8-4-5-9-12(11)14(18)15-16/h1-9H,(H,15,18). The van der Waals surface area contributed by atoms with E-state index in [-0.39, 0.29) is 0 Å². The quantitative estimate of drug-likeness (QED) is 0.412. The Hall–Kier alpha value is -2.07. The molecule has 0 atom stereocenters. The van der Waals surface area contributed by atoms with Gasteiger partial charge in [-0.3, -0.25) is 0 Å². The molecule has 0 N–H and O–H groups in total. The number of aromatic nitrogens is 2. The second kappa shape index (κ2) is 4.31. The average Bonchev–Trinajstić information content (AvgIpc) is 2.40. The van der Waals surface area contributed by atoms with Gasteiger partial charge in [0.15, 0.2) is 5.03 Å². The Balaban J connectivity index is 2.42. The number of thiol groups is 1. The van der Waals surface area contributed by atoms with Gasteiger partial charge < -0.3 is 5.21 Å². The van der Waals surface area contributed by atoms with E-state index in [2.05, 4.69) is 17.7 Å². The van der Waals surface area contributed by atoms with Crippen LogP contribution in [0, 0.1) is 5.21 Å². The number of fused-ring (bicyclic) bond motifs is 1. The number of nitrogens with zero attached hydrogens (tertiary/aromatic N) is 2. The normalized spacial score (nSPS) is 10.7. The monoisotopic (exact) mass is 254 g/mol. The minimum absolute atomic E-state index is 0.445. The molecule has 0 amide bonds. The zero-order valence-corrected chi connectivity index (χ0v) is 10.3. The van der Waals surface area contributed by atoms with Crippen LogP contribution in [0.3, 0.4) is 0 Å². The van der Waals surface area contributed by atoms with E-state index >= 15 is 0 Å². The van der Waals surface area contributed by atoms with Crippen molar-refractivity contribution in [1.82, 2.24) is 5.10 Å². The Morgan fingerprint density at radius 3 is 2.22 bits per heavy atom. The molecule has 0 aliphatic rings. The number of hydrogen-bond acceptors (Lipinski definition) is 3. The zero-order valence-electron chi connectivity index (χ0n) is 9.45. The third-order valence-electron chi connectivity index (χ3n) is 2.85. The smallest absolute Gasteiger partial charge is 0.259 e. The topological polar surface area (TPSA) is 39.8 Å². The summed E-state index contributed by atoms with van der Waals surface area (Å²) in [6, 6.07) is 17.2. The Morgan fingerprint density at radius 1 is 0.889 bits per heavy atom. The summed E-state index contributed by atoms with van der Waals surface area (Å²) in [4.78, 5) is 0.639. The van der Waals surface area contributed by atoms with Crippen molar-refractivity contribution in [2.75, 3.05) is 0 Å². The summed E-state index contributed by atoms with van der Waals surface area (Å²) in [5.74, 6) is 0. The maximum absolute atomic E-state index is 12.0. The van der Waals surface area contributed by atoms with Gasteiger partial charge in [-0.15, -0.1) is 12.6 Å². The summed E-state index contributed by atoms with van der Waals surface area (Å²) in [5, 5.41) is 18.1. The van der Waals surface area contributed by atoms with Crippen LogP contribution in [-0.4, -0.2) is 5.10 Å². The molecule has 0 aliphatic heterocycles. The van der Waals surface area contributed by atoms with Crippen molar-refractivity contribution in [3.05, 3.63) is 59.8 Å². The van der Waals surface area contributed by atoms with Crippen molar-refractivity contribution < 1.29 is 4.85 Å². The first kappa shape index (κ1) is 11.0. The molecule has 0 saturated carbocycles. The molecule has 3 rings (SSSR count). The zero-order chi connectivity index (χ0) is 12.5. The third kappa shape index (κ3) is 1.71. The predicted octanol–water partition coefficient (Wildman–Crippen LogP) is 2.82. The molecule has 0 radical (unpaired) electrons. The van der Waals surface area contributed by atoms with E-state index in [9.17, 15) is 5.21 Å². The molecule has 0 saturated heterocycles. The molecule has 3 aromatic rings. The van der Waals surface area contributed by atoms with Gasteiger partial charge in [0.1, 0.15) is 0 Å². The van der Waals surface area contributed by atoms with Gasteiger partial charge in [-0.2, -0.15) is 0 Å². The van der Waals surface area contributed by atoms with Gasteiger partial charge >= 0.3 is 0 Å². The minimum Gasteiger partial charge on any atom is -0.594 e. The third-order valence-corrected chi connectivity index (χ3v) is 3.18. The Bertz CT molecular complexity index is 714. The van der Waals surface area contributed by atoms with Gasteiger partial charge in [-0.1, -0.05) is 36.4 Å². The Labute approximate surface area is 110 Å². The molecule has 88 valence electrons. The van der Waals surface area contributed by atoms with E-state index < -0.39 is 0 Å². The average molecular weight is 254 g/mol. The van der Waals surface area contributed by atoms with E-state index in [0.29, 0.717) is 15.6 Å². The largest absolute Gasteiger partial charge is 0.594 e. The van der Waals surface area contributed by atoms with E-state index in [4.69, 9.17) is 0 Å². The molecule has 0 unspecified atom stereocenters. The highest BCUT2D eigenvalue weighted by molar-refractivity contribution is 7.80. The molecule has 0 aliphatic carbocycles. The first-order chi connectivity index (χ1) is 8.77. The van der Waals surface area contributed by atoms with Crippen molar-refractivity contribution in [2.45, 2.75) is 5.03 Å². The van der Waals surface area contributed by atoms with Gasteiger partial charge in [0.25, 0.3) is 5.69 Å². The van der Waals surface area contributed by atoms with Crippen molar-refractivity contribution >= 4 is 23.4 Å². The lowest BCUT2D eigenvalue weighted by atomic mass is 10.1. The van der Waals surface area contributed by atoms with Gasteiger partial charge in [-0.25, -0.2) is 0 Å². The van der Waals surface area contributed by atoms with Crippen LogP contribution in [0.1, 0.15) is 0 Å². The van der Waals surface area contributed by atoms with Crippen LogP contribution in [0.25, 0.3) is 22.0 Å². The first-order valence-corrected chi connectivity index (χ1v) is 5.99. The molecule has 0 fully saturated rings. The number of rotatable bonds is 1. The summed E-state index contributed by atoms with van der Waals surface area (Å²) >= 11 is 4.25. The lowest BCUT2D eigenvalue weighted by Crippen LogP contribution is -2.34. The van der Waals surface area contributed by atoms with Crippen LogP contribution < -0.4 is 4.85 Å². The fourth-order valence-corrected chi connectivity index (χ4v) is 2.32. The summed E-state index contributed by atoms with van der Waals surface area (Å²) in [7, 11) is 0. The van der Waals surface area contributed by atoms with E-state index in [1.807, 2.05) is 54.6 Å². The summed E-state index contributed by atoms with van der Waals surface area (Å²) in [6.45, 7) is 0. The molecular weight excluding hydrogens is 244 g/mol. The SMILES string of the molecule is [O-][n+]1nc(S)c2ccccc2c1-c1ccccc1. The molecule has 18 heavy (non-hydrogen) atoms. The van der Waals surface area contributed by atoms with Crippen molar-refractivity contribution in [1.29, 1.82) is 0 Å². The number of benzene rings is 2.